The first-order chi connectivity index (χ1) is 6.00. The van der Waals surface area contributed by atoms with Crippen molar-refractivity contribution in [2.45, 2.75) is 44.9 Å². The van der Waals surface area contributed by atoms with E-state index >= 15 is 0 Å². The second kappa shape index (κ2) is 7.15. The van der Waals surface area contributed by atoms with Crippen LogP contribution in [0.15, 0.2) is 24.3 Å². The third-order valence-electron chi connectivity index (χ3n) is 2.22. The molecule has 1 radical (unpaired) electrons. The summed E-state index contributed by atoms with van der Waals surface area (Å²) in [5, 5.41) is 0. The minimum absolute atomic E-state index is 1.14. The number of allylic oxidation sites excluding steroid dienone is 4. The van der Waals surface area contributed by atoms with Crippen LogP contribution in [0.3, 0.4) is 0 Å². The molecule has 0 heterocycles. The zero-order valence-corrected chi connectivity index (χ0v) is 7.84. The molecule has 0 aromatic heterocycles. The molecule has 0 aromatic carbocycles. The highest BCUT2D eigenvalue weighted by Gasteiger charge is 1.90. The molecule has 1 aliphatic carbocycles. The highest BCUT2D eigenvalue weighted by atomic mass is 14.0. The molecule has 0 nitrogen and oxygen atoms in total. The van der Waals surface area contributed by atoms with Crippen LogP contribution in [0.4, 0.5) is 0 Å². The van der Waals surface area contributed by atoms with E-state index in [2.05, 4.69) is 30.7 Å². The van der Waals surface area contributed by atoms with Crippen molar-refractivity contribution in [2.75, 3.05) is 0 Å². The van der Waals surface area contributed by atoms with Gasteiger partial charge in [-0.05, 0) is 32.1 Å². The van der Waals surface area contributed by atoms with E-state index in [0.717, 1.165) is 6.42 Å². The predicted octanol–water partition coefficient (Wildman–Crippen LogP) is 4.05. The van der Waals surface area contributed by atoms with Crippen molar-refractivity contribution < 1.29 is 0 Å². The summed E-state index contributed by atoms with van der Waals surface area (Å²) in [5.41, 5.74) is 0. The van der Waals surface area contributed by atoms with Gasteiger partial charge < -0.3 is 0 Å². The number of rotatable bonds is 0. The number of hydrogen-bond acceptors (Lipinski definition) is 0. The van der Waals surface area contributed by atoms with Crippen LogP contribution in [0.2, 0.25) is 0 Å². The molecule has 0 atom stereocenters. The summed E-state index contributed by atoms with van der Waals surface area (Å²) in [4.78, 5) is 0. The van der Waals surface area contributed by atoms with Crippen LogP contribution in [0.5, 0.6) is 0 Å². The Bertz CT molecular complexity index is 124. The van der Waals surface area contributed by atoms with Gasteiger partial charge in [0.25, 0.3) is 0 Å². The Morgan fingerprint density at radius 1 is 0.667 bits per heavy atom. The maximum absolute atomic E-state index is 2.38. The largest absolute Gasteiger partial charge is 0.0845 e. The third kappa shape index (κ3) is 5.17. The quantitative estimate of drug-likeness (QED) is 0.505. The SMILES string of the molecule is [CH]1C/C=C\C=C\CCCCCC1. The molecule has 0 bridgehead atoms. The molecular formula is C12H19. The Kier molecular flexibility index (Phi) is 5.70. The van der Waals surface area contributed by atoms with E-state index in [9.17, 15) is 0 Å². The van der Waals surface area contributed by atoms with Crippen molar-refractivity contribution >= 4 is 0 Å². The average Bonchev–Trinajstić information content (AvgIpc) is 2.05. The van der Waals surface area contributed by atoms with Gasteiger partial charge >= 0.3 is 0 Å². The van der Waals surface area contributed by atoms with Gasteiger partial charge in [0.05, 0.1) is 0 Å². The third-order valence-corrected chi connectivity index (χ3v) is 2.22. The molecule has 0 amide bonds. The van der Waals surface area contributed by atoms with Crippen molar-refractivity contribution in [3.8, 4) is 0 Å². The molecule has 0 aliphatic heterocycles. The normalized spacial score (nSPS) is 26.7. The monoisotopic (exact) mass is 163 g/mol. The Hall–Kier alpha value is -0.520. The molecule has 0 saturated heterocycles. The van der Waals surface area contributed by atoms with Gasteiger partial charge in [0.1, 0.15) is 0 Å². The molecular weight excluding hydrogens is 144 g/mol. The zero-order valence-electron chi connectivity index (χ0n) is 7.84. The van der Waals surface area contributed by atoms with Crippen molar-refractivity contribution in [3.05, 3.63) is 30.7 Å². The van der Waals surface area contributed by atoms with Crippen LogP contribution < -0.4 is 0 Å². The number of hydrogen-bond donors (Lipinski definition) is 0. The average molecular weight is 163 g/mol. The van der Waals surface area contributed by atoms with E-state index in [1.54, 1.807) is 0 Å². The molecule has 67 valence electrons. The Morgan fingerprint density at radius 3 is 2.33 bits per heavy atom. The summed E-state index contributed by atoms with van der Waals surface area (Å²) in [5.74, 6) is 0. The second-order valence-corrected chi connectivity index (χ2v) is 3.37. The summed E-state index contributed by atoms with van der Waals surface area (Å²) in [7, 11) is 0. The fraction of sp³-hybridized carbons (Fsp3) is 0.583. The van der Waals surface area contributed by atoms with E-state index < -0.39 is 0 Å². The fourth-order valence-corrected chi connectivity index (χ4v) is 1.45. The molecule has 12 heavy (non-hydrogen) atoms. The van der Waals surface area contributed by atoms with Gasteiger partial charge in [-0.1, -0.05) is 43.6 Å². The van der Waals surface area contributed by atoms with Gasteiger partial charge in [0.15, 0.2) is 0 Å². The van der Waals surface area contributed by atoms with E-state index in [0.29, 0.717) is 0 Å². The molecule has 0 spiro atoms. The summed E-state index contributed by atoms with van der Waals surface area (Å²) >= 11 is 0. The fourth-order valence-electron chi connectivity index (χ4n) is 1.45. The predicted molar refractivity (Wildman–Crippen MR) is 54.9 cm³/mol. The maximum Gasteiger partial charge on any atom is -0.0316 e. The van der Waals surface area contributed by atoms with Crippen molar-refractivity contribution in [2.24, 2.45) is 0 Å². The topological polar surface area (TPSA) is 0 Å². The van der Waals surface area contributed by atoms with Crippen LogP contribution in [0.1, 0.15) is 44.9 Å². The lowest BCUT2D eigenvalue weighted by molar-refractivity contribution is 0.639. The lowest BCUT2D eigenvalue weighted by Gasteiger charge is -1.99. The van der Waals surface area contributed by atoms with Gasteiger partial charge in [-0.3, -0.25) is 0 Å². The summed E-state index contributed by atoms with van der Waals surface area (Å²) < 4.78 is 0. The minimum atomic E-state index is 1.14. The molecule has 1 aliphatic rings. The highest BCUT2D eigenvalue weighted by molar-refractivity contribution is 5.03. The van der Waals surface area contributed by atoms with Gasteiger partial charge in [-0.15, -0.1) is 0 Å². The molecule has 0 N–H and O–H groups in total. The van der Waals surface area contributed by atoms with Crippen LogP contribution in [0.25, 0.3) is 0 Å². The van der Waals surface area contributed by atoms with Crippen LogP contribution in [0, 0.1) is 6.42 Å². The lowest BCUT2D eigenvalue weighted by atomic mass is 10.1. The van der Waals surface area contributed by atoms with E-state index in [4.69, 9.17) is 0 Å². The standard InChI is InChI=1S/C12H19/c1-2-4-6-8-10-12-11-9-7-5-3-1/h1-4,7H,5-6,8-12H2/b3-1-,4-2+. The molecule has 0 fully saturated rings. The van der Waals surface area contributed by atoms with Gasteiger partial charge in [-0.2, -0.15) is 0 Å². The van der Waals surface area contributed by atoms with Gasteiger partial charge in [0, 0.05) is 0 Å². The van der Waals surface area contributed by atoms with E-state index in [1.807, 2.05) is 0 Å². The van der Waals surface area contributed by atoms with Gasteiger partial charge in [0.2, 0.25) is 0 Å². The van der Waals surface area contributed by atoms with Crippen LogP contribution >= 0.6 is 0 Å². The van der Waals surface area contributed by atoms with Crippen LogP contribution in [-0.4, -0.2) is 0 Å². The first-order valence-electron chi connectivity index (χ1n) is 5.13. The maximum atomic E-state index is 2.38. The first kappa shape index (κ1) is 9.57. The van der Waals surface area contributed by atoms with Crippen molar-refractivity contribution in [3.63, 3.8) is 0 Å². The Balaban J connectivity index is 2.21. The first-order valence-corrected chi connectivity index (χ1v) is 5.13. The molecule has 1 rings (SSSR count). The summed E-state index contributed by atoms with van der Waals surface area (Å²) in [6.07, 6.45) is 20.5. The Labute approximate surface area is 76.4 Å². The van der Waals surface area contributed by atoms with Crippen LogP contribution in [-0.2, 0) is 0 Å². The lowest BCUT2D eigenvalue weighted by Crippen LogP contribution is -1.80. The van der Waals surface area contributed by atoms with Crippen molar-refractivity contribution in [1.29, 1.82) is 0 Å². The Morgan fingerprint density at radius 2 is 1.42 bits per heavy atom. The summed E-state index contributed by atoms with van der Waals surface area (Å²) in [6.45, 7) is 0. The smallest absolute Gasteiger partial charge is 0.0316 e. The van der Waals surface area contributed by atoms with Crippen molar-refractivity contribution in [1.82, 2.24) is 0 Å². The van der Waals surface area contributed by atoms with Gasteiger partial charge in [-0.25, -0.2) is 0 Å². The molecule has 0 unspecified atom stereocenters. The molecule has 0 heteroatoms. The highest BCUT2D eigenvalue weighted by Crippen LogP contribution is 2.09. The molecule has 0 saturated carbocycles. The zero-order chi connectivity index (χ0) is 8.49. The van der Waals surface area contributed by atoms with E-state index in [1.165, 1.54) is 38.5 Å². The molecule has 0 aromatic rings. The van der Waals surface area contributed by atoms with E-state index in [-0.39, 0.29) is 0 Å². The summed E-state index contributed by atoms with van der Waals surface area (Å²) in [6, 6.07) is 0. The second-order valence-electron chi connectivity index (χ2n) is 3.37. The minimum Gasteiger partial charge on any atom is -0.0845 e.